The monoisotopic (exact) mass is 381 g/mol. The van der Waals surface area contributed by atoms with Gasteiger partial charge >= 0.3 is 0 Å². The number of carbonyl (C=O) groups excluding carboxylic acids is 1. The van der Waals surface area contributed by atoms with E-state index in [0.29, 0.717) is 35.2 Å². The van der Waals surface area contributed by atoms with Crippen LogP contribution in [0.2, 0.25) is 0 Å². The smallest absolute Gasteiger partial charge is 0.246 e. The Labute approximate surface area is 163 Å². The van der Waals surface area contributed by atoms with Crippen molar-refractivity contribution >= 4 is 5.91 Å². The average Bonchev–Trinajstić information content (AvgIpc) is 3.17. The lowest BCUT2D eigenvalue weighted by Crippen LogP contribution is -2.27. The minimum atomic E-state index is -0.0226. The van der Waals surface area contributed by atoms with E-state index < -0.39 is 0 Å². The zero-order valence-corrected chi connectivity index (χ0v) is 16.4. The number of hydrogen-bond acceptors (Lipinski definition) is 6. The predicted octanol–water partition coefficient (Wildman–Crippen LogP) is 3.26. The number of amides is 1. The fraction of sp³-hybridized carbons (Fsp3) is 0.286. The molecule has 0 atom stereocenters. The molecular formula is C21H23N3O4. The molecule has 146 valence electrons. The van der Waals surface area contributed by atoms with Gasteiger partial charge in [-0.2, -0.15) is 4.98 Å². The van der Waals surface area contributed by atoms with Gasteiger partial charge in [-0.3, -0.25) is 4.79 Å². The summed E-state index contributed by atoms with van der Waals surface area (Å²) >= 11 is 0. The third kappa shape index (κ3) is 4.49. The summed E-state index contributed by atoms with van der Waals surface area (Å²) in [5.74, 6) is 1.98. The Hall–Kier alpha value is -3.35. The lowest BCUT2D eigenvalue weighted by atomic mass is 10.1. The maximum Gasteiger partial charge on any atom is 0.246 e. The number of hydrogen-bond donors (Lipinski definition) is 0. The molecule has 28 heavy (non-hydrogen) atoms. The highest BCUT2D eigenvalue weighted by molar-refractivity contribution is 5.78. The van der Waals surface area contributed by atoms with Crippen LogP contribution in [-0.2, 0) is 17.8 Å². The number of methoxy groups -OCH3 is 2. The second-order valence-electron chi connectivity index (χ2n) is 6.49. The van der Waals surface area contributed by atoms with Crippen molar-refractivity contribution in [3.8, 4) is 22.9 Å². The Balaban J connectivity index is 1.68. The van der Waals surface area contributed by atoms with Crippen LogP contribution in [-0.4, -0.2) is 42.2 Å². The molecule has 3 rings (SSSR count). The molecule has 0 N–H and O–H groups in total. The number of ether oxygens (including phenoxy) is 2. The Morgan fingerprint density at radius 3 is 2.54 bits per heavy atom. The molecular weight excluding hydrogens is 358 g/mol. The molecule has 2 aromatic carbocycles. The van der Waals surface area contributed by atoms with Crippen molar-refractivity contribution in [2.45, 2.75) is 19.9 Å². The highest BCUT2D eigenvalue weighted by atomic mass is 16.5. The van der Waals surface area contributed by atoms with E-state index in [9.17, 15) is 4.79 Å². The van der Waals surface area contributed by atoms with Crippen LogP contribution in [0.3, 0.4) is 0 Å². The summed E-state index contributed by atoms with van der Waals surface area (Å²) in [6, 6.07) is 13.3. The molecule has 7 nitrogen and oxygen atoms in total. The van der Waals surface area contributed by atoms with Gasteiger partial charge in [0.25, 0.3) is 0 Å². The van der Waals surface area contributed by atoms with Gasteiger partial charge in [-0.1, -0.05) is 35.0 Å². The van der Waals surface area contributed by atoms with Crippen molar-refractivity contribution in [1.82, 2.24) is 15.0 Å². The Morgan fingerprint density at radius 2 is 1.86 bits per heavy atom. The summed E-state index contributed by atoms with van der Waals surface area (Å²) in [5, 5.41) is 4.01. The summed E-state index contributed by atoms with van der Waals surface area (Å²) < 4.78 is 15.9. The van der Waals surface area contributed by atoms with Gasteiger partial charge in [0.2, 0.25) is 17.6 Å². The summed E-state index contributed by atoms with van der Waals surface area (Å²) in [6.45, 7) is 2.25. The normalized spacial score (nSPS) is 10.6. The second-order valence-corrected chi connectivity index (χ2v) is 6.49. The summed E-state index contributed by atoms with van der Waals surface area (Å²) in [4.78, 5) is 18.4. The van der Waals surface area contributed by atoms with E-state index >= 15 is 0 Å². The van der Waals surface area contributed by atoms with Gasteiger partial charge in [-0.15, -0.1) is 0 Å². The SMILES string of the molecule is COc1ccc(-c2noc(CN(C)C(=O)Cc3ccc(C)cc3)n2)c(OC)c1. The Bertz CT molecular complexity index is 951. The lowest BCUT2D eigenvalue weighted by molar-refractivity contribution is -0.130. The number of aromatic nitrogens is 2. The van der Waals surface area contributed by atoms with Crippen LogP contribution in [0.5, 0.6) is 11.5 Å². The molecule has 1 aromatic heterocycles. The first kappa shape index (κ1) is 19.4. The minimum Gasteiger partial charge on any atom is -0.497 e. The first-order chi connectivity index (χ1) is 13.5. The summed E-state index contributed by atoms with van der Waals surface area (Å²) in [5.41, 5.74) is 2.82. The molecule has 0 radical (unpaired) electrons. The molecule has 0 aliphatic rings. The van der Waals surface area contributed by atoms with Gasteiger partial charge < -0.3 is 18.9 Å². The maximum atomic E-state index is 12.5. The average molecular weight is 381 g/mol. The maximum absolute atomic E-state index is 12.5. The largest absolute Gasteiger partial charge is 0.497 e. The van der Waals surface area contributed by atoms with E-state index in [4.69, 9.17) is 14.0 Å². The molecule has 1 amide bonds. The van der Waals surface area contributed by atoms with Crippen molar-refractivity contribution in [3.05, 3.63) is 59.5 Å². The molecule has 1 heterocycles. The Kier molecular flexibility index (Phi) is 5.93. The first-order valence-corrected chi connectivity index (χ1v) is 8.84. The number of aryl methyl sites for hydroxylation is 1. The van der Waals surface area contributed by atoms with E-state index in [0.717, 1.165) is 11.1 Å². The zero-order chi connectivity index (χ0) is 20.1. The van der Waals surface area contributed by atoms with E-state index in [1.807, 2.05) is 31.2 Å². The van der Waals surface area contributed by atoms with Gasteiger partial charge in [0.1, 0.15) is 11.5 Å². The third-order valence-electron chi connectivity index (χ3n) is 4.39. The van der Waals surface area contributed by atoms with Crippen molar-refractivity contribution in [1.29, 1.82) is 0 Å². The molecule has 0 bridgehead atoms. The van der Waals surface area contributed by atoms with Crippen LogP contribution < -0.4 is 9.47 Å². The van der Waals surface area contributed by atoms with Crippen molar-refractivity contribution in [3.63, 3.8) is 0 Å². The molecule has 0 unspecified atom stereocenters. The second kappa shape index (κ2) is 8.56. The molecule has 7 heteroatoms. The van der Waals surface area contributed by atoms with E-state index in [1.54, 1.807) is 44.4 Å². The van der Waals surface area contributed by atoms with Gasteiger partial charge in [0.05, 0.1) is 32.7 Å². The number of likely N-dealkylation sites (N-methyl/N-ethyl adjacent to an activating group) is 1. The fourth-order valence-electron chi connectivity index (χ4n) is 2.72. The van der Waals surface area contributed by atoms with Crippen molar-refractivity contribution < 1.29 is 18.8 Å². The first-order valence-electron chi connectivity index (χ1n) is 8.84. The van der Waals surface area contributed by atoms with Crippen LogP contribution >= 0.6 is 0 Å². The topological polar surface area (TPSA) is 77.7 Å². The fourth-order valence-corrected chi connectivity index (χ4v) is 2.72. The highest BCUT2D eigenvalue weighted by Crippen LogP contribution is 2.31. The van der Waals surface area contributed by atoms with Crippen LogP contribution in [0.15, 0.2) is 47.0 Å². The van der Waals surface area contributed by atoms with Gasteiger partial charge in [0.15, 0.2) is 0 Å². The molecule has 3 aromatic rings. The highest BCUT2D eigenvalue weighted by Gasteiger charge is 2.17. The molecule has 0 fully saturated rings. The number of benzene rings is 2. The van der Waals surface area contributed by atoms with Crippen LogP contribution in [0.1, 0.15) is 17.0 Å². The van der Waals surface area contributed by atoms with E-state index in [-0.39, 0.29) is 12.5 Å². The molecule has 0 saturated carbocycles. The standard InChI is InChI=1S/C21H23N3O4/c1-14-5-7-15(8-6-14)11-20(25)24(2)13-19-22-21(23-28-19)17-10-9-16(26-3)12-18(17)27-4/h5-10,12H,11,13H2,1-4H3. The molecule has 0 aliphatic heterocycles. The number of nitrogens with zero attached hydrogens (tertiary/aromatic N) is 3. The van der Waals surface area contributed by atoms with Crippen molar-refractivity contribution in [2.75, 3.05) is 21.3 Å². The zero-order valence-electron chi connectivity index (χ0n) is 16.4. The summed E-state index contributed by atoms with van der Waals surface area (Å²) in [7, 11) is 4.87. The van der Waals surface area contributed by atoms with Crippen LogP contribution in [0, 0.1) is 6.92 Å². The lowest BCUT2D eigenvalue weighted by Gasteiger charge is -2.14. The Morgan fingerprint density at radius 1 is 1.11 bits per heavy atom. The van der Waals surface area contributed by atoms with E-state index in [1.165, 1.54) is 0 Å². The molecule has 0 spiro atoms. The quantitative estimate of drug-likeness (QED) is 0.625. The summed E-state index contributed by atoms with van der Waals surface area (Å²) in [6.07, 6.45) is 0.323. The minimum absolute atomic E-state index is 0.0226. The van der Waals surface area contributed by atoms with E-state index in [2.05, 4.69) is 10.1 Å². The molecule has 0 aliphatic carbocycles. The number of rotatable bonds is 7. The number of carbonyl (C=O) groups is 1. The van der Waals surface area contributed by atoms with Gasteiger partial charge in [-0.25, -0.2) is 0 Å². The predicted molar refractivity (Wildman–Crippen MR) is 104 cm³/mol. The van der Waals surface area contributed by atoms with Gasteiger partial charge in [0, 0.05) is 13.1 Å². The third-order valence-corrected chi connectivity index (χ3v) is 4.39. The molecule has 0 saturated heterocycles. The van der Waals surface area contributed by atoms with Crippen LogP contribution in [0.25, 0.3) is 11.4 Å². The van der Waals surface area contributed by atoms with Gasteiger partial charge in [-0.05, 0) is 24.6 Å². The van der Waals surface area contributed by atoms with Crippen molar-refractivity contribution in [2.24, 2.45) is 0 Å². The van der Waals surface area contributed by atoms with Crippen LogP contribution in [0.4, 0.5) is 0 Å².